The Kier molecular flexibility index (Phi) is 2.60. The van der Waals surface area contributed by atoms with Gasteiger partial charge in [0.15, 0.2) is 0 Å². The SMILES string of the molecule is Cc1cccc([C@H](C)N2C(=O)C=CC2=O)c1. The summed E-state index contributed by atoms with van der Waals surface area (Å²) in [7, 11) is 0. The molecule has 1 aromatic carbocycles. The van der Waals surface area contributed by atoms with Crippen LogP contribution in [0.25, 0.3) is 0 Å². The maximum absolute atomic E-state index is 11.5. The molecule has 0 bridgehead atoms. The predicted octanol–water partition coefficient (Wildman–Crippen LogP) is 1.98. The number of rotatable bonds is 2. The summed E-state index contributed by atoms with van der Waals surface area (Å²) in [6.07, 6.45) is 2.63. The maximum Gasteiger partial charge on any atom is 0.254 e. The van der Waals surface area contributed by atoms with E-state index in [0.717, 1.165) is 11.1 Å². The molecule has 1 aliphatic heterocycles. The van der Waals surface area contributed by atoms with Crippen molar-refractivity contribution in [2.45, 2.75) is 19.9 Å². The van der Waals surface area contributed by atoms with Gasteiger partial charge in [0.1, 0.15) is 0 Å². The van der Waals surface area contributed by atoms with Gasteiger partial charge in [-0.15, -0.1) is 0 Å². The van der Waals surface area contributed by atoms with Crippen LogP contribution in [-0.2, 0) is 9.59 Å². The second-order valence-electron chi connectivity index (χ2n) is 3.97. The monoisotopic (exact) mass is 215 g/mol. The van der Waals surface area contributed by atoms with Gasteiger partial charge in [0.2, 0.25) is 0 Å². The van der Waals surface area contributed by atoms with Crippen molar-refractivity contribution in [1.82, 2.24) is 4.90 Å². The van der Waals surface area contributed by atoms with Crippen LogP contribution < -0.4 is 0 Å². The second kappa shape index (κ2) is 3.93. The largest absolute Gasteiger partial charge is 0.269 e. The number of benzene rings is 1. The second-order valence-corrected chi connectivity index (χ2v) is 3.97. The van der Waals surface area contributed by atoms with Crippen LogP contribution in [0.15, 0.2) is 36.4 Å². The number of imide groups is 1. The molecular weight excluding hydrogens is 202 g/mol. The van der Waals surface area contributed by atoms with Crippen molar-refractivity contribution in [2.24, 2.45) is 0 Å². The Morgan fingerprint density at radius 2 is 1.75 bits per heavy atom. The van der Waals surface area contributed by atoms with Gasteiger partial charge in [-0.3, -0.25) is 14.5 Å². The summed E-state index contributed by atoms with van der Waals surface area (Å²) in [5, 5.41) is 0. The highest BCUT2D eigenvalue weighted by molar-refractivity contribution is 6.13. The summed E-state index contributed by atoms with van der Waals surface area (Å²) in [6.45, 7) is 3.85. The molecule has 0 saturated carbocycles. The number of amides is 2. The number of carbonyl (C=O) groups is 2. The van der Waals surface area contributed by atoms with E-state index in [1.807, 2.05) is 38.1 Å². The highest BCUT2D eigenvalue weighted by Crippen LogP contribution is 2.23. The van der Waals surface area contributed by atoms with E-state index in [1.54, 1.807) is 0 Å². The van der Waals surface area contributed by atoms with E-state index in [9.17, 15) is 9.59 Å². The molecule has 0 aliphatic carbocycles. The number of carbonyl (C=O) groups excluding carboxylic acids is 2. The van der Waals surface area contributed by atoms with Crippen molar-refractivity contribution in [1.29, 1.82) is 0 Å². The number of aryl methyl sites for hydroxylation is 1. The quantitative estimate of drug-likeness (QED) is 0.707. The lowest BCUT2D eigenvalue weighted by Gasteiger charge is -2.22. The van der Waals surface area contributed by atoms with Crippen molar-refractivity contribution in [3.63, 3.8) is 0 Å². The molecule has 1 aliphatic rings. The first-order valence-electron chi connectivity index (χ1n) is 5.21. The molecule has 0 aromatic heterocycles. The average Bonchev–Trinajstić information content (AvgIpc) is 2.58. The van der Waals surface area contributed by atoms with Crippen LogP contribution >= 0.6 is 0 Å². The molecule has 0 unspecified atom stereocenters. The zero-order valence-corrected chi connectivity index (χ0v) is 9.31. The highest BCUT2D eigenvalue weighted by atomic mass is 16.2. The molecule has 2 amide bonds. The van der Waals surface area contributed by atoms with Gasteiger partial charge in [-0.1, -0.05) is 29.8 Å². The average molecular weight is 215 g/mol. The molecule has 2 rings (SSSR count). The Morgan fingerprint density at radius 1 is 1.12 bits per heavy atom. The van der Waals surface area contributed by atoms with Crippen LogP contribution in [0.2, 0.25) is 0 Å². The summed E-state index contributed by atoms with van der Waals surface area (Å²) < 4.78 is 0. The number of hydrogen-bond acceptors (Lipinski definition) is 2. The molecule has 1 atom stereocenters. The summed E-state index contributed by atoms with van der Waals surface area (Å²) in [5.41, 5.74) is 2.10. The maximum atomic E-state index is 11.5. The van der Waals surface area contributed by atoms with Crippen molar-refractivity contribution in [3.05, 3.63) is 47.5 Å². The van der Waals surface area contributed by atoms with E-state index in [1.165, 1.54) is 17.1 Å². The molecule has 0 radical (unpaired) electrons. The third kappa shape index (κ3) is 1.76. The molecular formula is C13H13NO2. The van der Waals surface area contributed by atoms with Crippen molar-refractivity contribution < 1.29 is 9.59 Å². The Bertz CT molecular complexity index is 459. The lowest BCUT2D eigenvalue weighted by Crippen LogP contribution is -2.32. The van der Waals surface area contributed by atoms with Gasteiger partial charge in [0.25, 0.3) is 11.8 Å². The summed E-state index contributed by atoms with van der Waals surface area (Å²) in [6, 6.07) is 7.62. The van der Waals surface area contributed by atoms with E-state index < -0.39 is 0 Å². The third-order valence-corrected chi connectivity index (χ3v) is 2.76. The normalized spacial score (nSPS) is 17.0. The van der Waals surface area contributed by atoms with Crippen LogP contribution in [0.3, 0.4) is 0 Å². The molecule has 0 fully saturated rings. The Hall–Kier alpha value is -1.90. The molecule has 0 saturated heterocycles. The van der Waals surface area contributed by atoms with Gasteiger partial charge in [0.05, 0.1) is 6.04 Å². The third-order valence-electron chi connectivity index (χ3n) is 2.76. The summed E-state index contributed by atoms with van der Waals surface area (Å²) >= 11 is 0. The van der Waals surface area contributed by atoms with Crippen molar-refractivity contribution in [3.8, 4) is 0 Å². The van der Waals surface area contributed by atoms with E-state index in [4.69, 9.17) is 0 Å². The summed E-state index contributed by atoms with van der Waals surface area (Å²) in [4.78, 5) is 24.3. The van der Waals surface area contributed by atoms with Crippen LogP contribution in [0.5, 0.6) is 0 Å². The predicted molar refractivity (Wildman–Crippen MR) is 60.6 cm³/mol. The minimum atomic E-state index is -0.237. The molecule has 1 heterocycles. The first-order chi connectivity index (χ1) is 7.59. The first kappa shape index (κ1) is 10.6. The van der Waals surface area contributed by atoms with E-state index in [0.29, 0.717) is 0 Å². The Labute approximate surface area is 94.4 Å². The van der Waals surface area contributed by atoms with Crippen LogP contribution in [0, 0.1) is 6.92 Å². The standard InChI is InChI=1S/C13H13NO2/c1-9-4-3-5-11(8-9)10(2)14-12(15)6-7-13(14)16/h3-8,10H,1-2H3/t10-/m0/s1. The molecule has 3 heteroatoms. The Balaban J connectivity index is 2.29. The van der Waals surface area contributed by atoms with E-state index >= 15 is 0 Å². The summed E-state index contributed by atoms with van der Waals surface area (Å²) in [5.74, 6) is -0.474. The van der Waals surface area contributed by atoms with Gasteiger partial charge in [-0.2, -0.15) is 0 Å². The van der Waals surface area contributed by atoms with Crippen molar-refractivity contribution in [2.75, 3.05) is 0 Å². The fourth-order valence-corrected chi connectivity index (χ4v) is 1.87. The zero-order valence-electron chi connectivity index (χ0n) is 9.31. The topological polar surface area (TPSA) is 37.4 Å². The van der Waals surface area contributed by atoms with E-state index in [-0.39, 0.29) is 17.9 Å². The van der Waals surface area contributed by atoms with Gasteiger partial charge in [-0.05, 0) is 19.4 Å². The van der Waals surface area contributed by atoms with Gasteiger partial charge >= 0.3 is 0 Å². The first-order valence-corrected chi connectivity index (χ1v) is 5.21. The number of nitrogens with zero attached hydrogens (tertiary/aromatic N) is 1. The fraction of sp³-hybridized carbons (Fsp3) is 0.231. The molecule has 3 nitrogen and oxygen atoms in total. The molecule has 0 N–H and O–H groups in total. The van der Waals surface area contributed by atoms with E-state index in [2.05, 4.69) is 0 Å². The van der Waals surface area contributed by atoms with Gasteiger partial charge in [0, 0.05) is 12.2 Å². The lowest BCUT2D eigenvalue weighted by atomic mass is 10.0. The van der Waals surface area contributed by atoms with Crippen LogP contribution in [0.1, 0.15) is 24.1 Å². The Morgan fingerprint density at radius 3 is 2.31 bits per heavy atom. The minimum Gasteiger partial charge on any atom is -0.269 e. The highest BCUT2D eigenvalue weighted by Gasteiger charge is 2.29. The zero-order chi connectivity index (χ0) is 11.7. The molecule has 0 spiro atoms. The molecule has 82 valence electrons. The smallest absolute Gasteiger partial charge is 0.254 e. The van der Waals surface area contributed by atoms with Gasteiger partial charge < -0.3 is 0 Å². The fourth-order valence-electron chi connectivity index (χ4n) is 1.87. The molecule has 16 heavy (non-hydrogen) atoms. The minimum absolute atomic E-state index is 0.213. The van der Waals surface area contributed by atoms with Gasteiger partial charge in [-0.25, -0.2) is 0 Å². The van der Waals surface area contributed by atoms with Crippen LogP contribution in [0.4, 0.5) is 0 Å². The van der Waals surface area contributed by atoms with Crippen molar-refractivity contribution >= 4 is 11.8 Å². The number of hydrogen-bond donors (Lipinski definition) is 0. The lowest BCUT2D eigenvalue weighted by molar-refractivity contribution is -0.139. The van der Waals surface area contributed by atoms with Crippen LogP contribution in [-0.4, -0.2) is 16.7 Å². The molecule has 1 aromatic rings.